The van der Waals surface area contributed by atoms with Crippen molar-refractivity contribution >= 4 is 34.8 Å². The third kappa shape index (κ3) is 5.09. The lowest BCUT2D eigenvalue weighted by molar-refractivity contribution is -0.142. The third-order valence-electron chi connectivity index (χ3n) is 7.14. The summed E-state index contributed by atoms with van der Waals surface area (Å²) in [5.74, 6) is -3.85. The molecular formula is C31H24FN3O4S. The number of nitrogens with one attached hydrogen (secondary N) is 1. The number of aryl methyl sites for hydroxylation is 1. The smallest absolute Gasteiger partial charge is 0.327 e. The normalized spacial score (nSPS) is 20.1. The Morgan fingerprint density at radius 3 is 2.23 bits per heavy atom. The molecule has 2 heterocycles. The summed E-state index contributed by atoms with van der Waals surface area (Å²) >= 11 is 1.32. The van der Waals surface area contributed by atoms with E-state index in [1.54, 1.807) is 53.9 Å². The lowest BCUT2D eigenvalue weighted by Crippen LogP contribution is -2.45. The maximum atomic E-state index is 14.3. The molecule has 40 heavy (non-hydrogen) atoms. The number of benzene rings is 3. The van der Waals surface area contributed by atoms with E-state index in [0.29, 0.717) is 21.6 Å². The number of nitrogens with zero attached hydrogens (tertiary/aromatic N) is 2. The van der Waals surface area contributed by atoms with E-state index >= 15 is 0 Å². The first-order valence-electron chi connectivity index (χ1n) is 12.5. The van der Waals surface area contributed by atoms with Crippen molar-refractivity contribution in [1.29, 1.82) is 5.26 Å². The van der Waals surface area contributed by atoms with E-state index in [1.807, 2.05) is 19.1 Å². The van der Waals surface area contributed by atoms with Crippen LogP contribution in [0.2, 0.25) is 0 Å². The zero-order valence-corrected chi connectivity index (χ0v) is 22.1. The molecule has 1 saturated heterocycles. The summed E-state index contributed by atoms with van der Waals surface area (Å²) < 4.78 is 13.5. The number of hydrogen-bond acceptors (Lipinski definition) is 5. The number of anilines is 1. The number of aliphatic carboxylic acids is 1. The Morgan fingerprint density at radius 2 is 1.65 bits per heavy atom. The van der Waals surface area contributed by atoms with Crippen LogP contribution in [0, 0.1) is 30.0 Å². The number of Topliss-reactive ketones (excluding diaryl/α,β-unsaturated/α-hetero) is 1. The van der Waals surface area contributed by atoms with Crippen molar-refractivity contribution in [2.45, 2.75) is 24.9 Å². The summed E-state index contributed by atoms with van der Waals surface area (Å²) in [7, 11) is 0. The standard InChI is InChI=1S/C31H24FN3O4S/c1-18-4-8-21(9-5-18)29(36)26-25(24-3-2-16-40-24)28(30(37)38)35(27(26)20-10-6-19(17-33)7-11-20)31(39)34-23-14-12-22(32)13-15-23/h2-16,25-28H,1H3,(H,34,39)(H,37,38). The molecule has 4 atom stereocenters. The van der Waals surface area contributed by atoms with Crippen molar-refractivity contribution in [2.24, 2.45) is 5.92 Å². The molecule has 9 heteroatoms. The number of carboxylic acids is 1. The van der Waals surface area contributed by atoms with Crippen molar-refractivity contribution in [3.05, 3.63) is 123 Å². The zero-order chi connectivity index (χ0) is 28.4. The second-order valence-corrected chi connectivity index (χ2v) is 10.6. The molecule has 0 bridgehead atoms. The van der Waals surface area contributed by atoms with Crippen molar-refractivity contribution in [3.63, 3.8) is 0 Å². The summed E-state index contributed by atoms with van der Waals surface area (Å²) in [4.78, 5) is 42.9. The third-order valence-corrected chi connectivity index (χ3v) is 8.12. The van der Waals surface area contributed by atoms with E-state index in [0.717, 1.165) is 5.56 Å². The van der Waals surface area contributed by atoms with Crippen LogP contribution >= 0.6 is 11.3 Å². The molecule has 4 aromatic rings. The SMILES string of the molecule is Cc1ccc(C(=O)C2C(c3cccs3)C(C(=O)O)N(C(=O)Nc3ccc(F)cc3)C2c2ccc(C#N)cc2)cc1. The van der Waals surface area contributed by atoms with Crippen LogP contribution < -0.4 is 5.32 Å². The predicted octanol–water partition coefficient (Wildman–Crippen LogP) is 6.39. The molecule has 1 aromatic heterocycles. The quantitative estimate of drug-likeness (QED) is 0.269. The number of likely N-dealkylation sites (tertiary alicyclic amines) is 1. The zero-order valence-electron chi connectivity index (χ0n) is 21.3. The molecule has 7 nitrogen and oxygen atoms in total. The summed E-state index contributed by atoms with van der Waals surface area (Å²) in [6.45, 7) is 1.90. The topological polar surface area (TPSA) is 110 Å². The van der Waals surface area contributed by atoms with E-state index in [9.17, 15) is 29.1 Å². The molecule has 0 spiro atoms. The monoisotopic (exact) mass is 553 g/mol. The van der Waals surface area contributed by atoms with Crippen LogP contribution in [0.5, 0.6) is 0 Å². The Balaban J connectivity index is 1.69. The number of carbonyl (C=O) groups is 3. The van der Waals surface area contributed by atoms with Gasteiger partial charge >= 0.3 is 12.0 Å². The average molecular weight is 554 g/mol. The Labute approximate surface area is 234 Å². The van der Waals surface area contributed by atoms with Gasteiger partial charge in [-0.2, -0.15) is 5.26 Å². The maximum Gasteiger partial charge on any atom is 0.327 e. The second kappa shape index (κ2) is 11.1. The Bertz CT molecular complexity index is 1580. The summed E-state index contributed by atoms with van der Waals surface area (Å²) in [5.41, 5.74) is 2.54. The number of carboxylic acid groups (broad SMARTS) is 1. The molecule has 4 unspecified atom stereocenters. The van der Waals surface area contributed by atoms with Gasteiger partial charge in [0.25, 0.3) is 0 Å². The molecule has 2 N–H and O–H groups in total. The Morgan fingerprint density at radius 1 is 0.975 bits per heavy atom. The fraction of sp³-hybridized carbons (Fsp3) is 0.161. The van der Waals surface area contributed by atoms with Crippen LogP contribution in [0.3, 0.4) is 0 Å². The highest BCUT2D eigenvalue weighted by atomic mass is 32.1. The van der Waals surface area contributed by atoms with E-state index in [-0.39, 0.29) is 11.5 Å². The van der Waals surface area contributed by atoms with Gasteiger partial charge in [0, 0.05) is 22.0 Å². The minimum Gasteiger partial charge on any atom is -0.480 e. The molecule has 1 aliphatic heterocycles. The molecule has 5 rings (SSSR count). The van der Waals surface area contributed by atoms with Gasteiger partial charge in [0.1, 0.15) is 11.9 Å². The van der Waals surface area contributed by atoms with E-state index < -0.39 is 41.7 Å². The van der Waals surface area contributed by atoms with Crippen LogP contribution in [0.4, 0.5) is 14.9 Å². The van der Waals surface area contributed by atoms with Crippen LogP contribution in [0.1, 0.15) is 43.9 Å². The largest absolute Gasteiger partial charge is 0.480 e. The van der Waals surface area contributed by atoms with Gasteiger partial charge in [-0.05, 0) is 60.3 Å². The minimum absolute atomic E-state index is 0.273. The Kier molecular flexibility index (Phi) is 7.45. The first-order valence-corrected chi connectivity index (χ1v) is 13.4. The molecule has 200 valence electrons. The summed E-state index contributed by atoms with van der Waals surface area (Å²) in [6.07, 6.45) is 0. The van der Waals surface area contributed by atoms with E-state index in [4.69, 9.17) is 0 Å². The number of thiophene rings is 1. The number of urea groups is 1. The molecule has 1 aliphatic rings. The highest BCUT2D eigenvalue weighted by molar-refractivity contribution is 7.10. The fourth-order valence-electron chi connectivity index (χ4n) is 5.31. The van der Waals surface area contributed by atoms with Crippen molar-refractivity contribution in [1.82, 2.24) is 4.90 Å². The van der Waals surface area contributed by atoms with Gasteiger partial charge in [-0.25, -0.2) is 14.0 Å². The number of ketones is 1. The number of halogens is 1. The number of amides is 2. The molecule has 0 radical (unpaired) electrons. The van der Waals surface area contributed by atoms with Gasteiger partial charge < -0.3 is 15.3 Å². The average Bonchev–Trinajstić information content (AvgIpc) is 3.61. The lowest BCUT2D eigenvalue weighted by atomic mass is 9.78. The molecule has 0 saturated carbocycles. The van der Waals surface area contributed by atoms with Crippen LogP contribution in [0.25, 0.3) is 0 Å². The number of carbonyl (C=O) groups excluding carboxylic acids is 2. The summed E-state index contributed by atoms with van der Waals surface area (Å²) in [5, 5.41) is 24.4. The second-order valence-electron chi connectivity index (χ2n) is 9.60. The summed E-state index contributed by atoms with van der Waals surface area (Å²) in [6, 6.07) is 21.1. The van der Waals surface area contributed by atoms with Crippen LogP contribution in [-0.4, -0.2) is 33.8 Å². The van der Waals surface area contributed by atoms with Crippen LogP contribution in [0.15, 0.2) is 90.3 Å². The van der Waals surface area contributed by atoms with Gasteiger partial charge in [0.2, 0.25) is 0 Å². The lowest BCUT2D eigenvalue weighted by Gasteiger charge is -2.30. The molecule has 0 aliphatic carbocycles. The highest BCUT2D eigenvalue weighted by Crippen LogP contribution is 2.52. The Hall–Kier alpha value is -4.81. The number of rotatable bonds is 6. The number of hydrogen-bond donors (Lipinski definition) is 2. The molecule has 3 aromatic carbocycles. The van der Waals surface area contributed by atoms with Gasteiger partial charge in [-0.15, -0.1) is 11.3 Å². The van der Waals surface area contributed by atoms with Crippen molar-refractivity contribution in [2.75, 3.05) is 5.32 Å². The van der Waals surface area contributed by atoms with E-state index in [2.05, 4.69) is 11.4 Å². The van der Waals surface area contributed by atoms with Crippen molar-refractivity contribution in [3.8, 4) is 6.07 Å². The minimum atomic E-state index is -1.39. The predicted molar refractivity (Wildman–Crippen MR) is 149 cm³/mol. The van der Waals surface area contributed by atoms with Crippen LogP contribution in [-0.2, 0) is 4.79 Å². The molecule has 2 amide bonds. The first kappa shape index (κ1) is 26.8. The fourth-order valence-corrected chi connectivity index (χ4v) is 6.22. The van der Waals surface area contributed by atoms with Gasteiger partial charge in [-0.1, -0.05) is 48.0 Å². The first-order chi connectivity index (χ1) is 19.3. The van der Waals surface area contributed by atoms with E-state index in [1.165, 1.54) is 40.5 Å². The molecule has 1 fully saturated rings. The highest BCUT2D eigenvalue weighted by Gasteiger charge is 2.58. The maximum absolute atomic E-state index is 14.3. The van der Waals surface area contributed by atoms with Crippen molar-refractivity contribution < 1.29 is 23.9 Å². The number of nitriles is 1. The van der Waals surface area contributed by atoms with Gasteiger partial charge in [-0.3, -0.25) is 4.79 Å². The van der Waals surface area contributed by atoms with Gasteiger partial charge in [0.05, 0.1) is 23.6 Å². The molecular weight excluding hydrogens is 529 g/mol. The van der Waals surface area contributed by atoms with Gasteiger partial charge in [0.15, 0.2) is 5.78 Å².